The summed E-state index contributed by atoms with van der Waals surface area (Å²) in [5.74, 6) is -0.921. The zero-order valence-corrected chi connectivity index (χ0v) is 11.2. The van der Waals surface area contributed by atoms with Gasteiger partial charge in [-0.05, 0) is 24.5 Å². The number of carboxylic acid groups (broad SMARTS) is 1. The van der Waals surface area contributed by atoms with Crippen LogP contribution in [0.2, 0.25) is 0 Å². The van der Waals surface area contributed by atoms with E-state index in [0.29, 0.717) is 24.3 Å². The Hall–Kier alpha value is -2.08. The van der Waals surface area contributed by atoms with Gasteiger partial charge in [0.2, 0.25) is 0 Å². The van der Waals surface area contributed by atoms with Crippen LogP contribution in [0.4, 0.5) is 10.5 Å². The van der Waals surface area contributed by atoms with Crippen LogP contribution in [0.1, 0.15) is 18.4 Å². The van der Waals surface area contributed by atoms with Crippen molar-refractivity contribution in [1.82, 2.24) is 4.90 Å². The van der Waals surface area contributed by atoms with E-state index in [1.807, 2.05) is 0 Å². The van der Waals surface area contributed by atoms with Gasteiger partial charge in [0, 0.05) is 24.8 Å². The number of hydrogen-bond acceptors (Lipinski definition) is 3. The summed E-state index contributed by atoms with van der Waals surface area (Å²) in [5.41, 5.74) is 6.95. The molecular formula is C14H19N3O3. The number of likely N-dealkylation sites (tertiary alicyclic amines) is 1. The maximum atomic E-state index is 12.1. The Morgan fingerprint density at radius 3 is 2.60 bits per heavy atom. The zero-order valence-electron chi connectivity index (χ0n) is 11.2. The third-order valence-corrected chi connectivity index (χ3v) is 3.43. The lowest BCUT2D eigenvalue weighted by molar-refractivity contribution is -0.136. The SMILES string of the molecule is NC1CCN(C(=O)Nc2ccccc2CC(=O)O)CC1. The highest BCUT2D eigenvalue weighted by Gasteiger charge is 2.21. The van der Waals surface area contributed by atoms with Crippen molar-refractivity contribution in [3.63, 3.8) is 0 Å². The third-order valence-electron chi connectivity index (χ3n) is 3.43. The van der Waals surface area contributed by atoms with Crippen LogP contribution in [0.25, 0.3) is 0 Å². The average Bonchev–Trinajstić information content (AvgIpc) is 2.41. The Bertz CT molecular complexity index is 496. The minimum atomic E-state index is -0.921. The number of carbonyl (C=O) groups is 2. The van der Waals surface area contributed by atoms with E-state index in [-0.39, 0.29) is 18.5 Å². The highest BCUT2D eigenvalue weighted by molar-refractivity contribution is 5.91. The summed E-state index contributed by atoms with van der Waals surface area (Å²) in [6.07, 6.45) is 1.48. The van der Waals surface area contributed by atoms with E-state index in [0.717, 1.165) is 12.8 Å². The molecule has 0 aliphatic carbocycles. The first kappa shape index (κ1) is 14.3. The van der Waals surface area contributed by atoms with Crippen LogP contribution < -0.4 is 11.1 Å². The summed E-state index contributed by atoms with van der Waals surface area (Å²) < 4.78 is 0. The highest BCUT2D eigenvalue weighted by atomic mass is 16.4. The van der Waals surface area contributed by atoms with E-state index in [1.165, 1.54) is 0 Å². The number of nitrogens with one attached hydrogen (secondary N) is 1. The van der Waals surface area contributed by atoms with Crippen LogP contribution in [-0.2, 0) is 11.2 Å². The van der Waals surface area contributed by atoms with E-state index in [1.54, 1.807) is 29.2 Å². The second-order valence-electron chi connectivity index (χ2n) is 4.98. The first-order valence-electron chi connectivity index (χ1n) is 6.67. The Kier molecular flexibility index (Phi) is 4.57. The van der Waals surface area contributed by atoms with Gasteiger partial charge in [-0.1, -0.05) is 18.2 Å². The van der Waals surface area contributed by atoms with Crippen LogP contribution in [-0.4, -0.2) is 41.1 Å². The number of benzene rings is 1. The fourth-order valence-electron chi connectivity index (χ4n) is 2.26. The second-order valence-corrected chi connectivity index (χ2v) is 4.98. The maximum Gasteiger partial charge on any atom is 0.321 e. The van der Waals surface area contributed by atoms with Crippen LogP contribution in [0.3, 0.4) is 0 Å². The van der Waals surface area contributed by atoms with Crippen LogP contribution in [0, 0.1) is 0 Å². The quantitative estimate of drug-likeness (QED) is 0.775. The van der Waals surface area contributed by atoms with Gasteiger partial charge in [-0.15, -0.1) is 0 Å². The van der Waals surface area contributed by atoms with Crippen molar-refractivity contribution in [2.24, 2.45) is 5.73 Å². The van der Waals surface area contributed by atoms with E-state index in [4.69, 9.17) is 10.8 Å². The van der Waals surface area contributed by atoms with E-state index in [9.17, 15) is 9.59 Å². The number of amides is 2. The molecule has 1 heterocycles. The molecule has 0 saturated carbocycles. The smallest absolute Gasteiger partial charge is 0.321 e. The van der Waals surface area contributed by atoms with Crippen LogP contribution in [0.15, 0.2) is 24.3 Å². The van der Waals surface area contributed by atoms with Gasteiger partial charge in [0.1, 0.15) is 0 Å². The standard InChI is InChI=1S/C14H19N3O3/c15-11-5-7-17(8-6-11)14(20)16-12-4-2-1-3-10(12)9-13(18)19/h1-4,11H,5-9,15H2,(H,16,20)(H,18,19). The lowest BCUT2D eigenvalue weighted by Gasteiger charge is -2.30. The van der Waals surface area contributed by atoms with Crippen molar-refractivity contribution < 1.29 is 14.7 Å². The zero-order chi connectivity index (χ0) is 14.5. The summed E-state index contributed by atoms with van der Waals surface area (Å²) in [6, 6.07) is 6.91. The minimum Gasteiger partial charge on any atom is -0.481 e. The normalized spacial score (nSPS) is 15.9. The molecular weight excluding hydrogens is 258 g/mol. The van der Waals surface area contributed by atoms with Gasteiger partial charge in [0.15, 0.2) is 0 Å². The molecule has 1 aromatic rings. The van der Waals surface area contributed by atoms with E-state index in [2.05, 4.69) is 5.32 Å². The molecule has 1 aliphatic rings. The van der Waals surface area contributed by atoms with E-state index >= 15 is 0 Å². The van der Waals surface area contributed by atoms with Crippen molar-refractivity contribution in [3.8, 4) is 0 Å². The van der Waals surface area contributed by atoms with Gasteiger partial charge >= 0.3 is 12.0 Å². The Morgan fingerprint density at radius 2 is 1.95 bits per heavy atom. The van der Waals surface area contributed by atoms with Crippen molar-refractivity contribution in [2.75, 3.05) is 18.4 Å². The molecule has 6 heteroatoms. The molecule has 1 fully saturated rings. The van der Waals surface area contributed by atoms with Crippen LogP contribution >= 0.6 is 0 Å². The number of piperidine rings is 1. The summed E-state index contributed by atoms with van der Waals surface area (Å²) in [4.78, 5) is 24.7. The molecule has 0 radical (unpaired) electrons. The summed E-state index contributed by atoms with van der Waals surface area (Å²) in [5, 5.41) is 11.6. The van der Waals surface area contributed by atoms with Crippen LogP contribution in [0.5, 0.6) is 0 Å². The van der Waals surface area contributed by atoms with Gasteiger partial charge in [-0.3, -0.25) is 4.79 Å². The molecule has 0 bridgehead atoms. The minimum absolute atomic E-state index is 0.110. The lowest BCUT2D eigenvalue weighted by atomic mass is 10.1. The Balaban J connectivity index is 2.02. The van der Waals surface area contributed by atoms with Gasteiger partial charge < -0.3 is 21.1 Å². The number of para-hydroxylation sites is 1. The molecule has 0 aromatic heterocycles. The average molecular weight is 277 g/mol. The van der Waals surface area contributed by atoms with Gasteiger partial charge in [-0.25, -0.2) is 4.79 Å². The first-order valence-corrected chi connectivity index (χ1v) is 6.67. The molecule has 20 heavy (non-hydrogen) atoms. The number of carbonyl (C=O) groups excluding carboxylic acids is 1. The Labute approximate surface area is 117 Å². The second kappa shape index (κ2) is 6.38. The number of carboxylic acids is 1. The highest BCUT2D eigenvalue weighted by Crippen LogP contribution is 2.17. The number of anilines is 1. The third kappa shape index (κ3) is 3.71. The Morgan fingerprint density at radius 1 is 1.30 bits per heavy atom. The van der Waals surface area contributed by atoms with Gasteiger partial charge in [0.25, 0.3) is 0 Å². The molecule has 4 N–H and O–H groups in total. The molecule has 108 valence electrons. The van der Waals surface area contributed by atoms with Crippen molar-refractivity contribution in [1.29, 1.82) is 0 Å². The fraction of sp³-hybridized carbons (Fsp3) is 0.429. The molecule has 2 amide bonds. The first-order chi connectivity index (χ1) is 9.56. The monoisotopic (exact) mass is 277 g/mol. The molecule has 1 saturated heterocycles. The molecule has 0 atom stereocenters. The number of urea groups is 1. The predicted molar refractivity (Wildman–Crippen MR) is 75.6 cm³/mol. The number of nitrogens with two attached hydrogens (primary N) is 1. The summed E-state index contributed by atoms with van der Waals surface area (Å²) in [7, 11) is 0. The van der Waals surface area contributed by atoms with Gasteiger partial charge in [-0.2, -0.15) is 0 Å². The van der Waals surface area contributed by atoms with E-state index < -0.39 is 5.97 Å². The predicted octanol–water partition coefficient (Wildman–Crippen LogP) is 1.27. The molecule has 0 spiro atoms. The summed E-state index contributed by atoms with van der Waals surface area (Å²) >= 11 is 0. The molecule has 1 aromatic carbocycles. The molecule has 2 rings (SSSR count). The fourth-order valence-corrected chi connectivity index (χ4v) is 2.26. The van der Waals surface area contributed by atoms with Crippen molar-refractivity contribution in [3.05, 3.63) is 29.8 Å². The largest absolute Gasteiger partial charge is 0.481 e. The number of aliphatic carboxylic acids is 1. The van der Waals surface area contributed by atoms with Gasteiger partial charge in [0.05, 0.1) is 6.42 Å². The van der Waals surface area contributed by atoms with Crippen molar-refractivity contribution in [2.45, 2.75) is 25.3 Å². The molecule has 6 nitrogen and oxygen atoms in total. The number of hydrogen-bond donors (Lipinski definition) is 3. The topological polar surface area (TPSA) is 95.7 Å². The van der Waals surface area contributed by atoms with Crippen molar-refractivity contribution >= 4 is 17.7 Å². The number of nitrogens with zero attached hydrogens (tertiary/aromatic N) is 1. The summed E-state index contributed by atoms with van der Waals surface area (Å²) in [6.45, 7) is 1.27. The molecule has 1 aliphatic heterocycles. The maximum absolute atomic E-state index is 12.1. The number of rotatable bonds is 3. The molecule has 0 unspecified atom stereocenters. The lowest BCUT2D eigenvalue weighted by Crippen LogP contribution is -2.44.